The third-order valence-electron chi connectivity index (χ3n) is 13.0. The van der Waals surface area contributed by atoms with Crippen LogP contribution in [-0.4, -0.2) is 0 Å². The molecule has 0 atom stereocenters. The van der Waals surface area contributed by atoms with E-state index in [1.807, 2.05) is 182 Å². The van der Waals surface area contributed by atoms with Gasteiger partial charge in [0.15, 0.2) is 14.3 Å². The first-order valence-corrected chi connectivity index (χ1v) is 28.2. The predicted molar refractivity (Wildman–Crippen MR) is 312 cm³/mol. The number of rotatable bonds is 6. The third-order valence-corrected chi connectivity index (χ3v) is 19.1. The normalized spacial score (nSPS) is 11.3. The Kier molecular flexibility index (Phi) is 14.9. The summed E-state index contributed by atoms with van der Waals surface area (Å²) in [6.45, 7) is 13.2. The first-order valence-electron chi connectivity index (χ1n) is 24.8. The van der Waals surface area contributed by atoms with Gasteiger partial charge in [-0.3, -0.25) is 0 Å². The predicted octanol–water partition coefficient (Wildman–Crippen LogP) is 13.2. The minimum absolute atomic E-state index is 0.00971. The fourth-order valence-electron chi connectivity index (χ4n) is 8.63. The van der Waals surface area contributed by atoms with E-state index < -0.39 is 14.3 Å². The van der Waals surface area contributed by atoms with E-state index in [0.717, 1.165) is 54.1 Å². The molecule has 74 heavy (non-hydrogen) atoms. The molecule has 0 aliphatic carbocycles. The van der Waals surface area contributed by atoms with E-state index in [4.69, 9.17) is 0 Å². The highest BCUT2D eigenvalue weighted by atomic mass is 31.2. The lowest BCUT2D eigenvalue weighted by molar-refractivity contribution is 0.590. The molecule has 0 bridgehead atoms. The summed E-state index contributed by atoms with van der Waals surface area (Å²) in [4.78, 5) is 0. The Morgan fingerprint density at radius 2 is 0.459 bits per heavy atom. The SMILES string of the molecule is CC(C)(C)c1ccc(C#Cc2cc(C#Cc3ccc(P(=O)(c4ccccc4)c4ccccc4)cc3)c(C#Cc3ccc(C(C)(C)C)cc3)cc2C#Cc2ccc(P(=O)(c3ccccc3)c3ccccc3)cc2)cc1. The third kappa shape index (κ3) is 11.5. The lowest BCUT2D eigenvalue weighted by Crippen LogP contribution is -2.24. The van der Waals surface area contributed by atoms with Crippen LogP contribution in [0.4, 0.5) is 0 Å². The highest BCUT2D eigenvalue weighted by Gasteiger charge is 2.30. The summed E-state index contributed by atoms with van der Waals surface area (Å²) in [5.74, 6) is 27.5. The van der Waals surface area contributed by atoms with Crippen molar-refractivity contribution in [2.75, 3.05) is 0 Å². The molecule has 0 aliphatic heterocycles. The Labute approximate surface area is 438 Å². The van der Waals surface area contributed by atoms with Crippen LogP contribution >= 0.6 is 14.3 Å². The molecule has 0 radical (unpaired) electrons. The second-order valence-electron chi connectivity index (χ2n) is 20.3. The van der Waals surface area contributed by atoms with Gasteiger partial charge in [-0.1, -0.05) is 234 Å². The first kappa shape index (κ1) is 50.6. The van der Waals surface area contributed by atoms with Gasteiger partial charge in [-0.2, -0.15) is 0 Å². The largest absolute Gasteiger partial charge is 0.309 e. The number of hydrogen-bond acceptors (Lipinski definition) is 2. The van der Waals surface area contributed by atoms with Gasteiger partial charge in [0.2, 0.25) is 0 Å². The van der Waals surface area contributed by atoms with Crippen LogP contribution < -0.4 is 31.8 Å². The van der Waals surface area contributed by atoms with Crippen LogP contribution in [-0.2, 0) is 20.0 Å². The molecule has 0 saturated heterocycles. The summed E-state index contributed by atoms with van der Waals surface area (Å²) < 4.78 is 30.2. The van der Waals surface area contributed by atoms with E-state index in [2.05, 4.69) is 137 Å². The van der Waals surface area contributed by atoms with Gasteiger partial charge in [-0.15, -0.1) is 0 Å². The van der Waals surface area contributed by atoms with Crippen molar-refractivity contribution in [2.45, 2.75) is 52.4 Å². The van der Waals surface area contributed by atoms with Crippen LogP contribution in [0.5, 0.6) is 0 Å². The van der Waals surface area contributed by atoms with E-state index in [1.54, 1.807) is 0 Å². The molecular formula is C70H56O2P2. The maximum atomic E-state index is 15.1. The molecule has 0 N–H and O–H groups in total. The van der Waals surface area contributed by atoms with Gasteiger partial charge in [0.25, 0.3) is 0 Å². The Balaban J connectivity index is 1.15. The highest BCUT2D eigenvalue weighted by molar-refractivity contribution is 7.85. The maximum Gasteiger partial charge on any atom is 0.171 e. The van der Waals surface area contributed by atoms with Gasteiger partial charge in [-0.05, 0) is 107 Å². The molecule has 0 spiro atoms. The van der Waals surface area contributed by atoms with Crippen molar-refractivity contribution in [3.05, 3.63) is 286 Å². The summed E-state index contributed by atoms with van der Waals surface area (Å²) in [5, 5.41) is 4.57. The Hall–Kier alpha value is -8.32. The van der Waals surface area contributed by atoms with Crippen molar-refractivity contribution >= 4 is 46.1 Å². The van der Waals surface area contributed by atoms with Gasteiger partial charge >= 0.3 is 0 Å². The molecule has 9 rings (SSSR count). The molecule has 0 aliphatic rings. The number of benzene rings is 9. The molecule has 2 nitrogen and oxygen atoms in total. The Bertz CT molecular complexity index is 3460. The van der Waals surface area contributed by atoms with E-state index in [0.29, 0.717) is 22.3 Å². The quantitative estimate of drug-likeness (QED) is 0.123. The topological polar surface area (TPSA) is 34.1 Å². The second-order valence-corrected chi connectivity index (χ2v) is 25.8. The standard InChI is InChI=1S/C70H56O2P2/c1-69(2,3)61-43-31-53(32-44-61)27-39-57-51-60(42-30-56-37-49-68(50-38-56)74(72,65-23-15-9-16-24-65)66-25-17-10-18-26-66)58(40-28-54-33-45-62(46-34-54)70(4,5)6)52-59(57)41-29-55-35-47-67(48-36-55)73(71,63-19-11-7-12-20-63)64-21-13-8-14-22-64/h7-26,31-38,43-52H,1-6H3. The molecule has 0 amide bonds. The lowest BCUT2D eigenvalue weighted by Gasteiger charge is -2.20. The highest BCUT2D eigenvalue weighted by Crippen LogP contribution is 2.43. The summed E-state index contributed by atoms with van der Waals surface area (Å²) >= 11 is 0. The molecule has 0 aromatic heterocycles. The number of hydrogen-bond donors (Lipinski definition) is 0. The van der Waals surface area contributed by atoms with Crippen LogP contribution in [0, 0.1) is 47.4 Å². The molecule has 9 aromatic rings. The molecule has 0 unspecified atom stereocenters. The second kappa shape index (κ2) is 21.8. The van der Waals surface area contributed by atoms with Crippen LogP contribution in [0.3, 0.4) is 0 Å². The summed E-state index contributed by atoms with van der Waals surface area (Å²) in [7, 11) is -6.32. The van der Waals surface area contributed by atoms with Gasteiger partial charge in [0.1, 0.15) is 0 Å². The average Bonchev–Trinajstić information content (AvgIpc) is 3.43. The fourth-order valence-corrected chi connectivity index (χ4v) is 13.9. The molecule has 358 valence electrons. The van der Waals surface area contributed by atoms with Crippen molar-refractivity contribution in [1.29, 1.82) is 0 Å². The zero-order valence-electron chi connectivity index (χ0n) is 42.7. The van der Waals surface area contributed by atoms with Crippen molar-refractivity contribution in [2.24, 2.45) is 0 Å². The smallest absolute Gasteiger partial charge is 0.171 e. The lowest BCUT2D eigenvalue weighted by atomic mass is 9.87. The van der Waals surface area contributed by atoms with Crippen molar-refractivity contribution in [1.82, 2.24) is 0 Å². The summed E-state index contributed by atoms with van der Waals surface area (Å²) in [6, 6.07) is 75.0. The van der Waals surface area contributed by atoms with Gasteiger partial charge < -0.3 is 9.13 Å². The van der Waals surface area contributed by atoms with E-state index in [-0.39, 0.29) is 10.8 Å². The van der Waals surface area contributed by atoms with Crippen LogP contribution in [0.15, 0.2) is 231 Å². The summed E-state index contributed by atoms with van der Waals surface area (Å²) in [6.07, 6.45) is 0. The van der Waals surface area contributed by atoms with Gasteiger partial charge in [-0.25, -0.2) is 0 Å². The molecule has 4 heteroatoms. The monoisotopic (exact) mass is 990 g/mol. The van der Waals surface area contributed by atoms with Gasteiger partial charge in [0.05, 0.1) is 0 Å². The van der Waals surface area contributed by atoms with Crippen molar-refractivity contribution < 1.29 is 9.13 Å². The minimum Gasteiger partial charge on any atom is -0.309 e. The van der Waals surface area contributed by atoms with E-state index in [1.165, 1.54) is 11.1 Å². The zero-order valence-corrected chi connectivity index (χ0v) is 44.4. The molecule has 0 saturated carbocycles. The van der Waals surface area contributed by atoms with E-state index >= 15 is 9.13 Å². The Morgan fingerprint density at radius 1 is 0.257 bits per heavy atom. The summed E-state index contributed by atoms with van der Waals surface area (Å²) in [5.41, 5.74) is 8.59. The van der Waals surface area contributed by atoms with Gasteiger partial charge in [0, 0.05) is 76.3 Å². The van der Waals surface area contributed by atoms with Crippen LogP contribution in [0.1, 0.15) is 97.2 Å². The zero-order chi connectivity index (χ0) is 51.8. The van der Waals surface area contributed by atoms with Crippen LogP contribution in [0.25, 0.3) is 0 Å². The molecule has 9 aromatic carbocycles. The Morgan fingerprint density at radius 3 is 0.676 bits per heavy atom. The average molecular weight is 991 g/mol. The van der Waals surface area contributed by atoms with Crippen molar-refractivity contribution in [3.63, 3.8) is 0 Å². The van der Waals surface area contributed by atoms with Crippen molar-refractivity contribution in [3.8, 4) is 47.4 Å². The fraction of sp³-hybridized carbons (Fsp3) is 0.114. The van der Waals surface area contributed by atoms with Crippen LogP contribution in [0.2, 0.25) is 0 Å². The first-order chi connectivity index (χ1) is 35.7. The van der Waals surface area contributed by atoms with E-state index in [9.17, 15) is 0 Å². The minimum atomic E-state index is -3.16. The molecular weight excluding hydrogens is 935 g/mol. The molecule has 0 heterocycles. The molecule has 0 fully saturated rings. The maximum absolute atomic E-state index is 15.1.